The minimum Gasteiger partial charge on any atom is -0.478 e. The Bertz CT molecular complexity index is 578. The summed E-state index contributed by atoms with van der Waals surface area (Å²) in [7, 11) is 4.07. The number of nitrogens with zero attached hydrogens (tertiary/aromatic N) is 1. The zero-order valence-electron chi connectivity index (χ0n) is 12.2. The minimum atomic E-state index is -0.972. The quantitative estimate of drug-likeness (QED) is 0.819. The van der Waals surface area contributed by atoms with Gasteiger partial charge in [0.25, 0.3) is 0 Å². The molecular weight excluding hydrogens is 268 g/mol. The standard InChI is InChI=1S/C16H20N2O3/c1-18(2)15(12-6-4-3-5-7-12)10-17-9-14-8-13(11-21-14)16(19)20/h3-8,11,15,17H,9-10H2,1-2H3,(H,19,20). The highest BCUT2D eigenvalue weighted by molar-refractivity contribution is 5.87. The molecule has 0 bridgehead atoms. The molecule has 0 spiro atoms. The molecule has 21 heavy (non-hydrogen) atoms. The number of aromatic carboxylic acids is 1. The molecule has 5 nitrogen and oxygen atoms in total. The highest BCUT2D eigenvalue weighted by Gasteiger charge is 2.14. The van der Waals surface area contributed by atoms with Crippen LogP contribution in [-0.4, -0.2) is 36.6 Å². The summed E-state index contributed by atoms with van der Waals surface area (Å²) in [5.41, 5.74) is 1.42. The highest BCUT2D eigenvalue weighted by atomic mass is 16.4. The average molecular weight is 288 g/mol. The number of hydrogen-bond acceptors (Lipinski definition) is 4. The third-order valence-electron chi connectivity index (χ3n) is 3.35. The van der Waals surface area contributed by atoms with Gasteiger partial charge in [-0.2, -0.15) is 0 Å². The Balaban J connectivity index is 1.92. The van der Waals surface area contributed by atoms with E-state index in [4.69, 9.17) is 9.52 Å². The van der Waals surface area contributed by atoms with Gasteiger partial charge in [0.1, 0.15) is 12.0 Å². The normalized spacial score (nSPS) is 12.5. The maximum atomic E-state index is 10.8. The van der Waals surface area contributed by atoms with Gasteiger partial charge >= 0.3 is 5.97 Å². The summed E-state index contributed by atoms with van der Waals surface area (Å²) in [5, 5.41) is 12.2. The molecule has 1 aromatic carbocycles. The summed E-state index contributed by atoms with van der Waals surface area (Å²) in [6.07, 6.45) is 1.26. The monoisotopic (exact) mass is 288 g/mol. The van der Waals surface area contributed by atoms with Crippen LogP contribution in [0.25, 0.3) is 0 Å². The van der Waals surface area contributed by atoms with Crippen LogP contribution in [0.3, 0.4) is 0 Å². The van der Waals surface area contributed by atoms with Crippen molar-refractivity contribution in [1.82, 2.24) is 10.2 Å². The summed E-state index contributed by atoms with van der Waals surface area (Å²) in [6, 6.07) is 12.0. The average Bonchev–Trinajstić information content (AvgIpc) is 2.93. The maximum Gasteiger partial charge on any atom is 0.338 e. The van der Waals surface area contributed by atoms with Gasteiger partial charge in [0, 0.05) is 12.6 Å². The minimum absolute atomic E-state index is 0.180. The molecule has 0 aliphatic heterocycles. The van der Waals surface area contributed by atoms with Crippen molar-refractivity contribution in [2.45, 2.75) is 12.6 Å². The number of furan rings is 1. The van der Waals surface area contributed by atoms with Crippen LogP contribution >= 0.6 is 0 Å². The molecule has 0 fully saturated rings. The van der Waals surface area contributed by atoms with Crippen LogP contribution in [0.5, 0.6) is 0 Å². The Labute approximate surface area is 124 Å². The maximum absolute atomic E-state index is 10.8. The molecule has 0 radical (unpaired) electrons. The molecule has 0 saturated heterocycles. The van der Waals surface area contributed by atoms with Crippen molar-refractivity contribution in [2.75, 3.05) is 20.6 Å². The lowest BCUT2D eigenvalue weighted by molar-refractivity contribution is 0.0696. The lowest BCUT2D eigenvalue weighted by Crippen LogP contribution is -2.30. The molecular formula is C16H20N2O3. The van der Waals surface area contributed by atoms with Gasteiger partial charge in [0.2, 0.25) is 0 Å². The van der Waals surface area contributed by atoms with Gasteiger partial charge in [-0.05, 0) is 25.7 Å². The topological polar surface area (TPSA) is 65.7 Å². The van der Waals surface area contributed by atoms with Gasteiger partial charge in [-0.3, -0.25) is 0 Å². The van der Waals surface area contributed by atoms with E-state index in [1.807, 2.05) is 32.3 Å². The zero-order valence-corrected chi connectivity index (χ0v) is 12.2. The molecule has 0 amide bonds. The van der Waals surface area contributed by atoms with E-state index < -0.39 is 5.97 Å². The number of likely N-dealkylation sites (N-methyl/N-ethyl adjacent to an activating group) is 1. The summed E-state index contributed by atoms with van der Waals surface area (Å²) in [4.78, 5) is 12.9. The first kappa shape index (κ1) is 15.3. The second-order valence-electron chi connectivity index (χ2n) is 5.13. The SMILES string of the molecule is CN(C)C(CNCc1cc(C(=O)O)co1)c1ccccc1. The van der Waals surface area contributed by atoms with Gasteiger partial charge < -0.3 is 19.7 Å². The van der Waals surface area contributed by atoms with Crippen LogP contribution in [0, 0.1) is 0 Å². The molecule has 1 unspecified atom stereocenters. The summed E-state index contributed by atoms with van der Waals surface area (Å²) < 4.78 is 5.22. The number of carboxylic acid groups (broad SMARTS) is 1. The van der Waals surface area contributed by atoms with Crippen molar-refractivity contribution in [1.29, 1.82) is 0 Å². The number of carboxylic acids is 1. The van der Waals surface area contributed by atoms with Crippen molar-refractivity contribution >= 4 is 5.97 Å². The van der Waals surface area contributed by atoms with E-state index in [2.05, 4.69) is 22.3 Å². The molecule has 1 aromatic heterocycles. The van der Waals surface area contributed by atoms with Crippen LogP contribution in [0.1, 0.15) is 27.7 Å². The van der Waals surface area contributed by atoms with E-state index in [1.54, 1.807) is 6.07 Å². The van der Waals surface area contributed by atoms with E-state index in [0.29, 0.717) is 12.3 Å². The molecule has 112 valence electrons. The zero-order chi connectivity index (χ0) is 15.2. The Morgan fingerprint density at radius 1 is 1.33 bits per heavy atom. The predicted molar refractivity (Wildman–Crippen MR) is 80.2 cm³/mol. The van der Waals surface area contributed by atoms with E-state index >= 15 is 0 Å². The predicted octanol–water partition coefficient (Wildman–Crippen LogP) is 2.37. The van der Waals surface area contributed by atoms with Crippen molar-refractivity contribution in [3.05, 3.63) is 59.5 Å². The van der Waals surface area contributed by atoms with Crippen LogP contribution < -0.4 is 5.32 Å². The molecule has 1 heterocycles. The summed E-state index contributed by atoms with van der Waals surface area (Å²) in [6.45, 7) is 1.25. The lowest BCUT2D eigenvalue weighted by Gasteiger charge is -2.25. The van der Waals surface area contributed by atoms with Crippen LogP contribution in [-0.2, 0) is 6.54 Å². The fraction of sp³-hybridized carbons (Fsp3) is 0.312. The van der Waals surface area contributed by atoms with Gasteiger partial charge in [0.15, 0.2) is 0 Å². The van der Waals surface area contributed by atoms with E-state index in [9.17, 15) is 4.79 Å². The molecule has 1 atom stereocenters. The summed E-state index contributed by atoms with van der Waals surface area (Å²) in [5.74, 6) is -0.349. The second-order valence-corrected chi connectivity index (χ2v) is 5.13. The molecule has 2 N–H and O–H groups in total. The fourth-order valence-electron chi connectivity index (χ4n) is 2.19. The Morgan fingerprint density at radius 2 is 2.05 bits per heavy atom. The van der Waals surface area contributed by atoms with E-state index in [0.717, 1.165) is 6.54 Å². The molecule has 0 saturated carbocycles. The molecule has 2 aromatic rings. The fourth-order valence-corrected chi connectivity index (χ4v) is 2.19. The van der Waals surface area contributed by atoms with Gasteiger partial charge in [-0.1, -0.05) is 30.3 Å². The van der Waals surface area contributed by atoms with Gasteiger partial charge in [-0.25, -0.2) is 4.79 Å². The van der Waals surface area contributed by atoms with Crippen LogP contribution in [0.15, 0.2) is 47.1 Å². The second kappa shape index (κ2) is 7.06. The molecule has 5 heteroatoms. The van der Waals surface area contributed by atoms with E-state index in [-0.39, 0.29) is 11.6 Å². The van der Waals surface area contributed by atoms with Crippen molar-refractivity contribution in [3.8, 4) is 0 Å². The number of rotatable bonds is 7. The van der Waals surface area contributed by atoms with Crippen molar-refractivity contribution in [3.63, 3.8) is 0 Å². The number of nitrogens with one attached hydrogen (secondary N) is 1. The number of benzene rings is 1. The Kier molecular flexibility index (Phi) is 5.14. The largest absolute Gasteiger partial charge is 0.478 e. The third-order valence-corrected chi connectivity index (χ3v) is 3.35. The molecule has 0 aliphatic rings. The smallest absolute Gasteiger partial charge is 0.338 e. The van der Waals surface area contributed by atoms with Gasteiger partial charge in [0.05, 0.1) is 12.1 Å². The summed E-state index contributed by atoms with van der Waals surface area (Å²) >= 11 is 0. The Morgan fingerprint density at radius 3 is 2.62 bits per heavy atom. The van der Waals surface area contributed by atoms with Crippen LogP contribution in [0.4, 0.5) is 0 Å². The van der Waals surface area contributed by atoms with Crippen molar-refractivity contribution < 1.29 is 14.3 Å². The first-order valence-corrected chi connectivity index (χ1v) is 6.80. The third kappa shape index (κ3) is 4.18. The van der Waals surface area contributed by atoms with Crippen molar-refractivity contribution in [2.24, 2.45) is 0 Å². The van der Waals surface area contributed by atoms with E-state index in [1.165, 1.54) is 11.8 Å². The molecule has 2 rings (SSSR count). The van der Waals surface area contributed by atoms with Crippen LogP contribution in [0.2, 0.25) is 0 Å². The first-order chi connectivity index (χ1) is 10.1. The number of hydrogen-bond donors (Lipinski definition) is 2. The number of carbonyl (C=O) groups is 1. The Hall–Kier alpha value is -2.11. The lowest BCUT2D eigenvalue weighted by atomic mass is 10.1. The first-order valence-electron chi connectivity index (χ1n) is 6.80. The van der Waals surface area contributed by atoms with Gasteiger partial charge in [-0.15, -0.1) is 0 Å². The molecule has 0 aliphatic carbocycles. The highest BCUT2D eigenvalue weighted by Crippen LogP contribution is 2.17.